The largest absolute Gasteiger partial charge is 0.495 e. The Bertz CT molecular complexity index is 529. The van der Waals surface area contributed by atoms with Crippen molar-refractivity contribution >= 4 is 38.9 Å². The number of hydrogen-bond acceptors (Lipinski definition) is 3. The average Bonchev–Trinajstić information content (AvgIpc) is 2.75. The number of methoxy groups -OCH3 is 1. The monoisotopic (exact) mass is 331 g/mol. The Balaban J connectivity index is 2.31. The van der Waals surface area contributed by atoms with Crippen LogP contribution in [0.25, 0.3) is 0 Å². The van der Waals surface area contributed by atoms with E-state index in [-0.39, 0.29) is 6.04 Å². The molecule has 0 saturated heterocycles. The minimum Gasteiger partial charge on any atom is -0.495 e. The van der Waals surface area contributed by atoms with Gasteiger partial charge >= 0.3 is 0 Å². The first-order valence-electron chi connectivity index (χ1n) is 4.94. The predicted octanol–water partition coefficient (Wildman–Crippen LogP) is 4.22. The van der Waals surface area contributed by atoms with Crippen LogP contribution in [-0.4, -0.2) is 7.11 Å². The summed E-state index contributed by atoms with van der Waals surface area (Å²) in [7, 11) is 1.59. The molecule has 90 valence electrons. The van der Waals surface area contributed by atoms with E-state index in [1.54, 1.807) is 18.4 Å². The van der Waals surface area contributed by atoms with Crippen molar-refractivity contribution in [1.29, 1.82) is 0 Å². The summed E-state index contributed by atoms with van der Waals surface area (Å²) >= 11 is 11.1. The first kappa shape index (κ1) is 12.9. The maximum Gasteiger partial charge on any atom is 0.137 e. The van der Waals surface area contributed by atoms with Crippen LogP contribution in [0.15, 0.2) is 33.4 Å². The highest BCUT2D eigenvalue weighted by Crippen LogP contribution is 2.31. The van der Waals surface area contributed by atoms with Crippen LogP contribution >= 0.6 is 38.9 Å². The standard InChI is InChI=1S/C12H11BrClNOS/c1-16-10-3-2-7(4-9(10)14)12(15)8-5-11(13)17-6-8/h2-6,12H,15H2,1H3. The molecule has 1 aromatic carbocycles. The van der Waals surface area contributed by atoms with Gasteiger partial charge in [0.2, 0.25) is 0 Å². The Morgan fingerprint density at radius 2 is 2.12 bits per heavy atom. The van der Waals surface area contributed by atoms with Crippen LogP contribution in [-0.2, 0) is 0 Å². The molecule has 1 heterocycles. The van der Waals surface area contributed by atoms with Gasteiger partial charge in [0.25, 0.3) is 0 Å². The van der Waals surface area contributed by atoms with E-state index in [0.717, 1.165) is 14.9 Å². The van der Waals surface area contributed by atoms with Crippen molar-refractivity contribution in [1.82, 2.24) is 0 Å². The Kier molecular flexibility index (Phi) is 4.09. The Morgan fingerprint density at radius 3 is 2.65 bits per heavy atom. The molecule has 1 aromatic heterocycles. The molecule has 1 unspecified atom stereocenters. The highest BCUT2D eigenvalue weighted by molar-refractivity contribution is 9.11. The van der Waals surface area contributed by atoms with E-state index in [2.05, 4.69) is 15.9 Å². The molecule has 0 bridgehead atoms. The lowest BCUT2D eigenvalue weighted by molar-refractivity contribution is 0.415. The highest BCUT2D eigenvalue weighted by Gasteiger charge is 2.12. The molecular formula is C12H11BrClNOS. The second kappa shape index (κ2) is 5.40. The van der Waals surface area contributed by atoms with E-state index in [9.17, 15) is 0 Å². The molecule has 0 saturated carbocycles. The second-order valence-electron chi connectivity index (χ2n) is 3.56. The van der Waals surface area contributed by atoms with E-state index in [1.807, 2.05) is 29.6 Å². The molecule has 2 N–H and O–H groups in total. The average molecular weight is 333 g/mol. The first-order chi connectivity index (χ1) is 8.11. The Labute approximate surface area is 117 Å². The van der Waals surface area contributed by atoms with Crippen LogP contribution in [0.1, 0.15) is 17.2 Å². The SMILES string of the molecule is COc1ccc(C(N)c2csc(Br)c2)cc1Cl. The summed E-state index contributed by atoms with van der Waals surface area (Å²) in [6.07, 6.45) is 0. The van der Waals surface area contributed by atoms with Gasteiger partial charge in [-0.3, -0.25) is 0 Å². The van der Waals surface area contributed by atoms with E-state index < -0.39 is 0 Å². The van der Waals surface area contributed by atoms with Gasteiger partial charge in [-0.1, -0.05) is 17.7 Å². The topological polar surface area (TPSA) is 35.2 Å². The first-order valence-corrected chi connectivity index (χ1v) is 7.00. The molecular weight excluding hydrogens is 322 g/mol. The number of ether oxygens (including phenoxy) is 1. The van der Waals surface area contributed by atoms with Crippen molar-refractivity contribution in [2.24, 2.45) is 5.73 Å². The third-order valence-corrected chi connectivity index (χ3v) is 4.30. The van der Waals surface area contributed by atoms with Gasteiger partial charge in [0.15, 0.2) is 0 Å². The molecule has 17 heavy (non-hydrogen) atoms. The summed E-state index contributed by atoms with van der Waals surface area (Å²) in [5, 5.41) is 2.61. The van der Waals surface area contributed by atoms with Crippen LogP contribution in [0.2, 0.25) is 5.02 Å². The van der Waals surface area contributed by atoms with Gasteiger partial charge in [-0.15, -0.1) is 11.3 Å². The van der Waals surface area contributed by atoms with E-state index >= 15 is 0 Å². The van der Waals surface area contributed by atoms with Crippen molar-refractivity contribution < 1.29 is 4.74 Å². The summed E-state index contributed by atoms with van der Waals surface area (Å²) in [4.78, 5) is 0. The molecule has 0 aliphatic carbocycles. The molecule has 2 rings (SSSR count). The van der Waals surface area contributed by atoms with Crippen molar-refractivity contribution in [3.05, 3.63) is 49.6 Å². The lowest BCUT2D eigenvalue weighted by Crippen LogP contribution is -2.10. The summed E-state index contributed by atoms with van der Waals surface area (Å²) < 4.78 is 6.18. The number of hydrogen-bond donors (Lipinski definition) is 1. The highest BCUT2D eigenvalue weighted by atomic mass is 79.9. The third-order valence-electron chi connectivity index (χ3n) is 2.48. The molecule has 0 aliphatic heterocycles. The van der Waals surface area contributed by atoms with Crippen LogP contribution in [0.5, 0.6) is 5.75 Å². The lowest BCUT2D eigenvalue weighted by atomic mass is 10.0. The third kappa shape index (κ3) is 2.83. The Hall–Kier alpha value is -0.550. The number of thiophene rings is 1. The van der Waals surface area contributed by atoms with Crippen LogP contribution in [0.4, 0.5) is 0 Å². The Morgan fingerprint density at radius 1 is 1.35 bits per heavy atom. The van der Waals surface area contributed by atoms with E-state index in [4.69, 9.17) is 22.1 Å². The maximum atomic E-state index is 6.18. The maximum absolute atomic E-state index is 6.18. The summed E-state index contributed by atoms with van der Waals surface area (Å²) in [5.74, 6) is 0.661. The number of halogens is 2. The molecule has 0 aliphatic rings. The smallest absolute Gasteiger partial charge is 0.137 e. The van der Waals surface area contributed by atoms with Crippen LogP contribution in [0.3, 0.4) is 0 Å². The predicted molar refractivity (Wildman–Crippen MR) is 76.1 cm³/mol. The van der Waals surface area contributed by atoms with Crippen molar-refractivity contribution in [2.75, 3.05) is 7.11 Å². The normalized spacial score (nSPS) is 12.5. The summed E-state index contributed by atoms with van der Waals surface area (Å²) in [5.41, 5.74) is 8.22. The van der Waals surface area contributed by atoms with Crippen LogP contribution < -0.4 is 10.5 Å². The molecule has 0 radical (unpaired) electrons. The zero-order valence-electron chi connectivity index (χ0n) is 9.11. The molecule has 5 heteroatoms. The molecule has 2 aromatic rings. The van der Waals surface area contributed by atoms with Crippen molar-refractivity contribution in [3.8, 4) is 5.75 Å². The fourth-order valence-corrected chi connectivity index (χ4v) is 3.03. The number of rotatable bonds is 3. The van der Waals surface area contributed by atoms with Gasteiger partial charge in [0.1, 0.15) is 5.75 Å². The van der Waals surface area contributed by atoms with Gasteiger partial charge < -0.3 is 10.5 Å². The van der Waals surface area contributed by atoms with Gasteiger partial charge in [-0.25, -0.2) is 0 Å². The lowest BCUT2D eigenvalue weighted by Gasteiger charge is -2.12. The second-order valence-corrected chi connectivity index (χ2v) is 6.25. The molecule has 2 nitrogen and oxygen atoms in total. The molecule has 1 atom stereocenters. The van der Waals surface area contributed by atoms with E-state index in [0.29, 0.717) is 10.8 Å². The molecule has 0 fully saturated rings. The minimum atomic E-state index is -0.166. The fourth-order valence-electron chi connectivity index (χ4n) is 1.56. The zero-order valence-corrected chi connectivity index (χ0v) is 12.3. The minimum absolute atomic E-state index is 0.166. The van der Waals surface area contributed by atoms with Gasteiger partial charge in [-0.2, -0.15) is 0 Å². The van der Waals surface area contributed by atoms with Crippen LogP contribution in [0, 0.1) is 0 Å². The number of benzene rings is 1. The quantitative estimate of drug-likeness (QED) is 0.913. The van der Waals surface area contributed by atoms with Gasteiger partial charge in [0, 0.05) is 0 Å². The molecule has 0 amide bonds. The summed E-state index contributed by atoms with van der Waals surface area (Å²) in [6, 6.07) is 7.46. The van der Waals surface area contributed by atoms with E-state index in [1.165, 1.54) is 0 Å². The molecule has 0 spiro atoms. The fraction of sp³-hybridized carbons (Fsp3) is 0.167. The van der Waals surface area contributed by atoms with Gasteiger partial charge in [0.05, 0.1) is 22.0 Å². The summed E-state index contributed by atoms with van der Waals surface area (Å²) in [6.45, 7) is 0. The van der Waals surface area contributed by atoms with Crippen molar-refractivity contribution in [2.45, 2.75) is 6.04 Å². The number of nitrogens with two attached hydrogens (primary N) is 1. The van der Waals surface area contributed by atoms with Gasteiger partial charge in [-0.05, 0) is 50.6 Å². The zero-order chi connectivity index (χ0) is 12.4. The van der Waals surface area contributed by atoms with Crippen molar-refractivity contribution in [3.63, 3.8) is 0 Å².